The van der Waals surface area contributed by atoms with Gasteiger partial charge in [-0.3, -0.25) is 19.2 Å². The summed E-state index contributed by atoms with van der Waals surface area (Å²) in [6.45, 7) is 4.43. The van der Waals surface area contributed by atoms with Gasteiger partial charge < -0.3 is 0 Å². The highest BCUT2D eigenvalue weighted by Gasteiger charge is 2.23. The van der Waals surface area contributed by atoms with Gasteiger partial charge in [0.2, 0.25) is 0 Å². The fraction of sp³-hybridized carbons (Fsp3) is 0.667. The van der Waals surface area contributed by atoms with E-state index in [1.807, 2.05) is 6.92 Å². The molecule has 0 aromatic heterocycles. The van der Waals surface area contributed by atoms with Crippen molar-refractivity contribution in [1.82, 2.24) is 0 Å². The zero-order valence-corrected chi connectivity index (χ0v) is 10.0. The van der Waals surface area contributed by atoms with Crippen molar-refractivity contribution in [3.05, 3.63) is 0 Å². The van der Waals surface area contributed by atoms with E-state index in [-0.39, 0.29) is 36.0 Å². The van der Waals surface area contributed by atoms with Crippen molar-refractivity contribution in [2.75, 3.05) is 0 Å². The molecule has 0 aromatic carbocycles. The Bertz CT molecular complexity index is 290. The number of Topliss-reactive ketones (excluding diaryl/α,β-unsaturated/α-hetero) is 4. The summed E-state index contributed by atoms with van der Waals surface area (Å²) in [7, 11) is 0. The molecule has 0 spiro atoms. The summed E-state index contributed by atoms with van der Waals surface area (Å²) in [5, 5.41) is 0. The fourth-order valence-corrected chi connectivity index (χ4v) is 1.46. The summed E-state index contributed by atoms with van der Waals surface area (Å²) < 4.78 is 0. The van der Waals surface area contributed by atoms with Crippen LogP contribution >= 0.6 is 0 Å². The first-order valence-corrected chi connectivity index (χ1v) is 5.42. The van der Waals surface area contributed by atoms with Gasteiger partial charge in [0.15, 0.2) is 0 Å². The van der Waals surface area contributed by atoms with Crippen LogP contribution in [0, 0.1) is 5.92 Å². The highest BCUT2D eigenvalue weighted by Crippen LogP contribution is 2.09. The molecule has 0 saturated heterocycles. The van der Waals surface area contributed by atoms with E-state index in [0.29, 0.717) is 12.8 Å². The van der Waals surface area contributed by atoms with E-state index in [0.717, 1.165) is 0 Å². The zero-order valence-electron chi connectivity index (χ0n) is 10.0. The molecule has 0 radical (unpaired) electrons. The van der Waals surface area contributed by atoms with Crippen LogP contribution in [0.5, 0.6) is 0 Å². The lowest BCUT2D eigenvalue weighted by Crippen LogP contribution is -2.23. The van der Waals surface area contributed by atoms with Crippen molar-refractivity contribution in [1.29, 1.82) is 0 Å². The zero-order chi connectivity index (χ0) is 12.7. The summed E-state index contributed by atoms with van der Waals surface area (Å²) in [5.41, 5.74) is 0. The average Bonchev–Trinajstić information content (AvgIpc) is 2.13. The highest BCUT2D eigenvalue weighted by atomic mass is 16.2. The average molecular weight is 226 g/mol. The first-order chi connectivity index (χ1) is 7.38. The Morgan fingerprint density at radius 2 is 1.44 bits per heavy atom. The highest BCUT2D eigenvalue weighted by molar-refractivity contribution is 6.06. The van der Waals surface area contributed by atoms with Crippen LogP contribution in [0.4, 0.5) is 0 Å². The van der Waals surface area contributed by atoms with E-state index in [1.165, 1.54) is 13.8 Å². The maximum Gasteiger partial charge on any atom is 0.141 e. The van der Waals surface area contributed by atoms with Gasteiger partial charge in [-0.25, -0.2) is 0 Å². The van der Waals surface area contributed by atoms with Gasteiger partial charge in [0.05, 0.1) is 12.3 Å². The molecular weight excluding hydrogens is 208 g/mol. The number of carbonyl (C=O) groups is 4. The molecule has 0 N–H and O–H groups in total. The third kappa shape index (κ3) is 5.53. The summed E-state index contributed by atoms with van der Waals surface area (Å²) >= 11 is 0. The smallest absolute Gasteiger partial charge is 0.141 e. The molecule has 16 heavy (non-hydrogen) atoms. The minimum absolute atomic E-state index is 0.127. The third-order valence-corrected chi connectivity index (χ3v) is 2.34. The van der Waals surface area contributed by atoms with Crippen LogP contribution in [0.15, 0.2) is 0 Å². The van der Waals surface area contributed by atoms with Crippen molar-refractivity contribution in [2.45, 2.75) is 46.5 Å². The van der Waals surface area contributed by atoms with E-state index >= 15 is 0 Å². The van der Waals surface area contributed by atoms with Crippen molar-refractivity contribution in [3.8, 4) is 0 Å². The monoisotopic (exact) mass is 226 g/mol. The van der Waals surface area contributed by atoms with Crippen LogP contribution in [0.25, 0.3) is 0 Å². The molecule has 0 saturated carbocycles. The predicted molar refractivity (Wildman–Crippen MR) is 59.0 cm³/mol. The Hall–Kier alpha value is -1.32. The second-order valence-electron chi connectivity index (χ2n) is 3.98. The molecule has 0 aliphatic rings. The number of ketones is 4. The largest absolute Gasteiger partial charge is 0.299 e. The molecule has 0 fully saturated rings. The standard InChI is InChI=1S/C12H18O4/c1-4-5-10(15)6-11(16)7-12(8(2)13)9(3)14/h12H,4-7H2,1-3H3. The lowest BCUT2D eigenvalue weighted by molar-refractivity contribution is -0.136. The molecule has 0 bridgehead atoms. The van der Waals surface area contributed by atoms with Crippen LogP contribution in [0.1, 0.15) is 46.5 Å². The maximum absolute atomic E-state index is 11.4. The molecule has 0 atom stereocenters. The van der Waals surface area contributed by atoms with Crippen LogP contribution in [0.3, 0.4) is 0 Å². The lowest BCUT2D eigenvalue weighted by Gasteiger charge is -2.08. The molecular formula is C12H18O4. The van der Waals surface area contributed by atoms with Crippen molar-refractivity contribution >= 4 is 23.1 Å². The van der Waals surface area contributed by atoms with Crippen LogP contribution in [-0.2, 0) is 19.2 Å². The Balaban J connectivity index is 4.26. The molecule has 4 nitrogen and oxygen atoms in total. The molecule has 0 aliphatic carbocycles. The van der Waals surface area contributed by atoms with Gasteiger partial charge in [0, 0.05) is 12.8 Å². The van der Waals surface area contributed by atoms with Gasteiger partial charge in [-0.2, -0.15) is 0 Å². The van der Waals surface area contributed by atoms with E-state index < -0.39 is 5.92 Å². The molecule has 0 rings (SSSR count). The lowest BCUT2D eigenvalue weighted by atomic mass is 9.93. The van der Waals surface area contributed by atoms with Gasteiger partial charge in [0.1, 0.15) is 23.1 Å². The minimum atomic E-state index is -0.873. The van der Waals surface area contributed by atoms with E-state index in [4.69, 9.17) is 0 Å². The molecule has 4 heteroatoms. The molecule has 90 valence electrons. The number of hydrogen-bond acceptors (Lipinski definition) is 4. The summed E-state index contributed by atoms with van der Waals surface area (Å²) in [6, 6.07) is 0. The Labute approximate surface area is 95.4 Å². The molecule has 0 amide bonds. The Kier molecular flexibility index (Phi) is 6.46. The van der Waals surface area contributed by atoms with Gasteiger partial charge in [-0.1, -0.05) is 6.92 Å². The first kappa shape index (κ1) is 14.7. The molecule has 0 unspecified atom stereocenters. The van der Waals surface area contributed by atoms with Gasteiger partial charge >= 0.3 is 0 Å². The number of rotatable bonds is 8. The summed E-state index contributed by atoms with van der Waals surface area (Å²) in [6.07, 6.45) is 0.774. The minimum Gasteiger partial charge on any atom is -0.299 e. The first-order valence-electron chi connectivity index (χ1n) is 5.42. The molecule has 0 aliphatic heterocycles. The molecule has 0 heterocycles. The second-order valence-corrected chi connectivity index (χ2v) is 3.98. The van der Waals surface area contributed by atoms with E-state index in [1.54, 1.807) is 0 Å². The maximum atomic E-state index is 11.4. The van der Waals surface area contributed by atoms with Gasteiger partial charge in [-0.15, -0.1) is 0 Å². The quantitative estimate of drug-likeness (QED) is 0.588. The molecule has 0 aromatic rings. The van der Waals surface area contributed by atoms with E-state index in [9.17, 15) is 19.2 Å². The van der Waals surface area contributed by atoms with E-state index in [2.05, 4.69) is 0 Å². The summed E-state index contributed by atoms with van der Waals surface area (Å²) in [4.78, 5) is 44.8. The second kappa shape index (κ2) is 7.04. The normalized spacial score (nSPS) is 10.2. The summed E-state index contributed by atoms with van der Waals surface area (Å²) in [5.74, 6) is -1.96. The van der Waals surface area contributed by atoms with Crippen LogP contribution in [0.2, 0.25) is 0 Å². The van der Waals surface area contributed by atoms with Gasteiger partial charge in [-0.05, 0) is 20.3 Å². The number of carbonyl (C=O) groups excluding carboxylic acids is 4. The predicted octanol–water partition coefficient (Wildman–Crippen LogP) is 1.50. The van der Waals surface area contributed by atoms with Gasteiger partial charge in [0.25, 0.3) is 0 Å². The Morgan fingerprint density at radius 1 is 0.938 bits per heavy atom. The van der Waals surface area contributed by atoms with Crippen LogP contribution in [-0.4, -0.2) is 23.1 Å². The Morgan fingerprint density at radius 3 is 1.81 bits per heavy atom. The number of hydrogen-bond donors (Lipinski definition) is 0. The van der Waals surface area contributed by atoms with Crippen molar-refractivity contribution < 1.29 is 19.2 Å². The van der Waals surface area contributed by atoms with Crippen LogP contribution < -0.4 is 0 Å². The SMILES string of the molecule is CCCC(=O)CC(=O)CC(C(C)=O)C(C)=O. The fourth-order valence-electron chi connectivity index (χ4n) is 1.46. The third-order valence-electron chi connectivity index (χ3n) is 2.34. The van der Waals surface area contributed by atoms with Crippen molar-refractivity contribution in [2.24, 2.45) is 5.92 Å². The topological polar surface area (TPSA) is 68.3 Å². The van der Waals surface area contributed by atoms with Crippen molar-refractivity contribution in [3.63, 3.8) is 0 Å².